The van der Waals surface area contributed by atoms with Gasteiger partial charge in [-0.2, -0.15) is 4.31 Å². The van der Waals surface area contributed by atoms with Crippen LogP contribution in [0.15, 0.2) is 17.0 Å². The Labute approximate surface area is 217 Å². The topological polar surface area (TPSA) is 82.6 Å². The monoisotopic (exact) mass is 524 g/mol. The van der Waals surface area contributed by atoms with Crippen LogP contribution in [0.3, 0.4) is 0 Å². The number of carbonyl (C=O) groups excluding carboxylic acids is 1. The number of ether oxygens (including phenoxy) is 2. The second-order valence-electron chi connectivity index (χ2n) is 10.4. The molecule has 10 heteroatoms. The molecule has 2 fully saturated rings. The van der Waals surface area contributed by atoms with Crippen molar-refractivity contribution in [1.29, 1.82) is 0 Å². The molecule has 1 unspecified atom stereocenters. The number of carbonyl (C=O) groups is 1. The van der Waals surface area contributed by atoms with Crippen LogP contribution in [0, 0.1) is 13.8 Å². The fourth-order valence-electron chi connectivity index (χ4n) is 5.38. The minimum Gasteiger partial charge on any atom is -0.497 e. The van der Waals surface area contributed by atoms with Crippen molar-refractivity contribution in [2.24, 2.45) is 0 Å². The van der Waals surface area contributed by atoms with Gasteiger partial charge in [-0.3, -0.25) is 9.69 Å². The zero-order chi connectivity index (χ0) is 26.6. The zero-order valence-electron chi connectivity index (χ0n) is 23.0. The van der Waals surface area contributed by atoms with Crippen LogP contribution in [0.4, 0.5) is 0 Å². The molecule has 204 valence electrons. The molecule has 1 aromatic carbocycles. The molecule has 3 rings (SSSR count). The number of hydrogen-bond acceptors (Lipinski definition) is 7. The highest BCUT2D eigenvalue weighted by atomic mass is 32.2. The Balaban J connectivity index is 1.49. The normalized spacial score (nSPS) is 21.2. The Hall–Kier alpha value is -1.72. The maximum absolute atomic E-state index is 13.2. The first kappa shape index (κ1) is 28.8. The predicted molar refractivity (Wildman–Crippen MR) is 141 cm³/mol. The smallest absolute Gasteiger partial charge is 0.251 e. The first-order valence-corrected chi connectivity index (χ1v) is 14.3. The molecule has 0 saturated carbocycles. The first-order valence-electron chi connectivity index (χ1n) is 12.9. The number of amides is 1. The first-order chi connectivity index (χ1) is 16.9. The Morgan fingerprint density at radius 1 is 1.11 bits per heavy atom. The Kier molecular flexibility index (Phi) is 9.79. The highest BCUT2D eigenvalue weighted by Crippen LogP contribution is 2.28. The van der Waals surface area contributed by atoms with Crippen LogP contribution >= 0.6 is 0 Å². The van der Waals surface area contributed by atoms with Gasteiger partial charge in [0, 0.05) is 45.8 Å². The van der Waals surface area contributed by atoms with Crippen molar-refractivity contribution in [1.82, 2.24) is 19.0 Å². The summed E-state index contributed by atoms with van der Waals surface area (Å²) in [5.74, 6) is 0.570. The van der Waals surface area contributed by atoms with Crippen molar-refractivity contribution in [2.75, 3.05) is 67.6 Å². The third kappa shape index (κ3) is 6.58. The fourth-order valence-corrected chi connectivity index (χ4v) is 6.94. The second kappa shape index (κ2) is 12.2. The molecule has 2 heterocycles. The van der Waals surface area contributed by atoms with E-state index < -0.39 is 16.1 Å². The highest BCUT2D eigenvalue weighted by Gasteiger charge is 2.34. The molecule has 1 amide bonds. The van der Waals surface area contributed by atoms with E-state index in [-0.39, 0.29) is 30.0 Å². The number of piperidine rings is 1. The number of rotatable bonds is 10. The number of likely N-dealkylation sites (N-methyl/N-ethyl adjacent to an activating group) is 2. The van der Waals surface area contributed by atoms with Crippen LogP contribution in [0.2, 0.25) is 0 Å². The zero-order valence-corrected chi connectivity index (χ0v) is 23.8. The van der Waals surface area contributed by atoms with Gasteiger partial charge in [0.25, 0.3) is 5.91 Å². The van der Waals surface area contributed by atoms with Crippen LogP contribution in [0.1, 0.15) is 37.3 Å². The van der Waals surface area contributed by atoms with Crippen LogP contribution in [-0.2, 0) is 19.6 Å². The molecular formula is C26H44N4O5S. The second-order valence-corrected chi connectivity index (χ2v) is 12.3. The van der Waals surface area contributed by atoms with E-state index in [1.807, 2.05) is 11.9 Å². The van der Waals surface area contributed by atoms with E-state index >= 15 is 0 Å². The lowest BCUT2D eigenvalue weighted by Crippen LogP contribution is -2.47. The van der Waals surface area contributed by atoms with Crippen molar-refractivity contribution in [3.05, 3.63) is 23.3 Å². The van der Waals surface area contributed by atoms with E-state index in [0.29, 0.717) is 22.9 Å². The van der Waals surface area contributed by atoms with Gasteiger partial charge < -0.3 is 19.3 Å². The minimum atomic E-state index is -3.70. The number of sulfonamides is 1. The maximum Gasteiger partial charge on any atom is 0.251 e. The van der Waals surface area contributed by atoms with Crippen molar-refractivity contribution in [2.45, 2.75) is 63.1 Å². The van der Waals surface area contributed by atoms with Crippen LogP contribution < -0.4 is 4.74 Å². The Morgan fingerprint density at radius 3 is 2.31 bits per heavy atom. The van der Waals surface area contributed by atoms with Gasteiger partial charge in [-0.25, -0.2) is 8.42 Å². The third-order valence-corrected chi connectivity index (χ3v) is 9.92. The summed E-state index contributed by atoms with van der Waals surface area (Å²) in [6.45, 7) is 9.76. The molecule has 2 aliphatic heterocycles. The maximum atomic E-state index is 13.2. The summed E-state index contributed by atoms with van der Waals surface area (Å²) in [5.41, 5.74) is 1.27. The lowest BCUT2D eigenvalue weighted by molar-refractivity contribution is -0.143. The fraction of sp³-hybridized carbons (Fsp3) is 0.731. The third-order valence-electron chi connectivity index (χ3n) is 7.75. The van der Waals surface area contributed by atoms with Gasteiger partial charge in [-0.15, -0.1) is 0 Å². The van der Waals surface area contributed by atoms with E-state index in [0.717, 1.165) is 32.6 Å². The van der Waals surface area contributed by atoms with Crippen molar-refractivity contribution in [3.8, 4) is 5.75 Å². The summed E-state index contributed by atoms with van der Waals surface area (Å²) in [6, 6.07) is 4.24. The molecule has 0 N–H and O–H groups in total. The molecular weight excluding hydrogens is 480 g/mol. The lowest BCUT2D eigenvalue weighted by atomic mass is 10.0. The molecule has 2 atom stereocenters. The average molecular weight is 525 g/mol. The minimum absolute atomic E-state index is 0.0578. The molecule has 1 aromatic rings. The van der Waals surface area contributed by atoms with Crippen LogP contribution in [0.5, 0.6) is 5.75 Å². The van der Waals surface area contributed by atoms with E-state index in [1.54, 1.807) is 40.0 Å². The standard InChI is InChI=1S/C26H44N4O5S/c1-19-16-24(34-7)17-20(2)25(19)36(32,33)28(5)14-15-35-21(3)26(31)29(6)23-10-13-30(18-23)22-8-11-27(4)12-9-22/h16-17,21-23H,8-15,18H2,1-7H3/t21?,23-/m1/s1. The summed E-state index contributed by atoms with van der Waals surface area (Å²) >= 11 is 0. The molecule has 36 heavy (non-hydrogen) atoms. The molecule has 0 aliphatic carbocycles. The van der Waals surface area contributed by atoms with E-state index in [1.165, 1.54) is 24.2 Å². The summed E-state index contributed by atoms with van der Waals surface area (Å²) < 4.78 is 38.7. The van der Waals surface area contributed by atoms with E-state index in [9.17, 15) is 13.2 Å². The lowest BCUT2D eigenvalue weighted by Gasteiger charge is -2.35. The largest absolute Gasteiger partial charge is 0.497 e. The Morgan fingerprint density at radius 2 is 1.72 bits per heavy atom. The van der Waals surface area contributed by atoms with Crippen LogP contribution in [-0.4, -0.2) is 119 Å². The van der Waals surface area contributed by atoms with Gasteiger partial charge in [-0.1, -0.05) is 0 Å². The molecule has 0 spiro atoms. The van der Waals surface area contributed by atoms with Gasteiger partial charge >= 0.3 is 0 Å². The van der Waals surface area contributed by atoms with Gasteiger partial charge in [0.2, 0.25) is 10.0 Å². The number of benzene rings is 1. The molecule has 0 bridgehead atoms. The quantitative estimate of drug-likeness (QED) is 0.463. The van der Waals surface area contributed by atoms with Crippen molar-refractivity contribution < 1.29 is 22.7 Å². The van der Waals surface area contributed by atoms with Gasteiger partial charge in [0.15, 0.2) is 0 Å². The van der Waals surface area contributed by atoms with Crippen molar-refractivity contribution in [3.63, 3.8) is 0 Å². The van der Waals surface area contributed by atoms with E-state index in [2.05, 4.69) is 16.8 Å². The van der Waals surface area contributed by atoms with Gasteiger partial charge in [0.1, 0.15) is 11.9 Å². The average Bonchev–Trinajstić information content (AvgIpc) is 3.32. The summed E-state index contributed by atoms with van der Waals surface area (Å²) in [5, 5.41) is 0. The molecule has 9 nitrogen and oxygen atoms in total. The SMILES string of the molecule is COc1cc(C)c(S(=O)(=O)N(C)CCOC(C)C(=O)N(C)[C@@H]2CCN(C3CCN(C)CC3)C2)c(C)c1. The van der Waals surface area contributed by atoms with E-state index in [4.69, 9.17) is 9.47 Å². The predicted octanol–water partition coefficient (Wildman–Crippen LogP) is 1.96. The van der Waals surface area contributed by atoms with Gasteiger partial charge in [-0.05, 0) is 83.4 Å². The number of hydrogen-bond donors (Lipinski definition) is 0. The highest BCUT2D eigenvalue weighted by molar-refractivity contribution is 7.89. The summed E-state index contributed by atoms with van der Waals surface area (Å²) in [6.07, 6.45) is 2.72. The van der Waals surface area contributed by atoms with Gasteiger partial charge in [0.05, 0.1) is 18.6 Å². The molecule has 0 aromatic heterocycles. The number of nitrogens with zero attached hydrogens (tertiary/aromatic N) is 4. The number of aryl methyl sites for hydroxylation is 2. The molecule has 0 radical (unpaired) electrons. The van der Waals surface area contributed by atoms with Crippen LogP contribution in [0.25, 0.3) is 0 Å². The van der Waals surface area contributed by atoms with Crippen molar-refractivity contribution >= 4 is 15.9 Å². The number of likely N-dealkylation sites (tertiary alicyclic amines) is 2. The molecule has 2 aliphatic rings. The Bertz CT molecular complexity index is 987. The summed E-state index contributed by atoms with van der Waals surface area (Å²) in [4.78, 5) is 20.1. The number of methoxy groups -OCH3 is 1. The molecule has 2 saturated heterocycles. The summed E-state index contributed by atoms with van der Waals surface area (Å²) in [7, 11) is 3.43.